The molecule has 0 aromatic rings. The first kappa shape index (κ1) is 23.2. The summed E-state index contributed by atoms with van der Waals surface area (Å²) >= 11 is 0. The molecule has 0 spiro atoms. The van der Waals surface area contributed by atoms with E-state index in [2.05, 4.69) is 44.5 Å². The molecule has 2 heteroatoms. The highest BCUT2D eigenvalue weighted by Crippen LogP contribution is 2.18. The molecule has 1 aliphatic heterocycles. The van der Waals surface area contributed by atoms with Gasteiger partial charge in [-0.05, 0) is 77.8 Å². The summed E-state index contributed by atoms with van der Waals surface area (Å²) in [5.41, 5.74) is 0. The van der Waals surface area contributed by atoms with Crippen LogP contribution in [0.1, 0.15) is 80.1 Å². The van der Waals surface area contributed by atoms with Gasteiger partial charge in [-0.1, -0.05) is 48.0 Å². The van der Waals surface area contributed by atoms with Crippen LogP contribution in [-0.2, 0) is 0 Å². The van der Waals surface area contributed by atoms with E-state index in [1.165, 1.54) is 71.2 Å². The van der Waals surface area contributed by atoms with Crippen LogP contribution in [0, 0.1) is 5.92 Å². The molecule has 0 N–H and O–H groups in total. The Morgan fingerprint density at radius 2 is 1.19 bits per heavy atom. The van der Waals surface area contributed by atoms with E-state index in [4.69, 9.17) is 0 Å². The number of nitrogens with zero attached hydrogens (tertiary/aromatic N) is 2. The van der Waals surface area contributed by atoms with Crippen molar-refractivity contribution in [2.45, 2.75) is 80.1 Å². The van der Waals surface area contributed by atoms with Gasteiger partial charge in [-0.15, -0.1) is 0 Å². The Morgan fingerprint density at radius 1 is 0.810 bits per heavy atom. The maximum Gasteiger partial charge on any atom is -0.00191 e. The van der Waals surface area contributed by atoms with Crippen LogP contribution in [-0.4, -0.2) is 49.6 Å². The van der Waals surface area contributed by atoms with Crippen molar-refractivity contribution < 1.29 is 0 Å². The zero-order valence-corrected chi connectivity index (χ0v) is 16.2. The predicted octanol–water partition coefficient (Wildman–Crippen LogP) is 5.28. The minimum atomic E-state index is 1.03. The Morgan fingerprint density at radius 3 is 1.48 bits per heavy atom. The first-order valence-electron chi connectivity index (χ1n) is 9.58. The van der Waals surface area contributed by atoms with E-state index < -0.39 is 0 Å². The van der Waals surface area contributed by atoms with E-state index in [0.717, 1.165) is 5.92 Å². The summed E-state index contributed by atoms with van der Waals surface area (Å²) in [5, 5.41) is 0. The lowest BCUT2D eigenvalue weighted by Gasteiger charge is -2.27. The molecule has 1 rings (SSSR count). The molecule has 1 heterocycles. The van der Waals surface area contributed by atoms with Crippen molar-refractivity contribution in [1.82, 2.24) is 9.80 Å². The monoisotopic (exact) mass is 300 g/mol. The average Bonchev–Trinajstić information content (AvgIpc) is 2.52. The molecule has 0 atom stereocenters. The molecule has 2 nitrogen and oxygen atoms in total. The second-order valence-corrected chi connectivity index (χ2v) is 6.00. The maximum atomic E-state index is 2.54. The molecule has 1 aliphatic rings. The Kier molecular flexibility index (Phi) is 19.8. The average molecular weight is 301 g/mol. The molecule has 1 saturated heterocycles. The van der Waals surface area contributed by atoms with Crippen molar-refractivity contribution in [3.8, 4) is 0 Å². The highest BCUT2D eigenvalue weighted by atomic mass is 15.1. The maximum absolute atomic E-state index is 2.54. The van der Waals surface area contributed by atoms with Gasteiger partial charge in [0.15, 0.2) is 0 Å². The summed E-state index contributed by atoms with van der Waals surface area (Å²) < 4.78 is 0. The third-order valence-electron chi connectivity index (χ3n) is 4.03. The van der Waals surface area contributed by atoms with Crippen LogP contribution < -0.4 is 0 Å². The van der Waals surface area contributed by atoms with Gasteiger partial charge in [0.2, 0.25) is 0 Å². The molecular formula is C19H44N2. The molecule has 130 valence electrons. The molecular weight excluding hydrogens is 256 g/mol. The molecule has 1 fully saturated rings. The summed E-state index contributed by atoms with van der Waals surface area (Å²) in [7, 11) is 2.21. The predicted molar refractivity (Wildman–Crippen MR) is 99.2 cm³/mol. The highest BCUT2D eigenvalue weighted by Gasteiger charge is 2.13. The standard InChI is InChI=1S/C9H21N.C8H17N.C2H6/c1-4-7-10(8-5-2)9-6-3;1-3-8-4-6-9(2)7-5-8;1-2/h4-9H2,1-3H3;8H,3-7H2,1-2H3;1-2H3. The largest absolute Gasteiger partial charge is 0.306 e. The molecule has 0 saturated carbocycles. The molecule has 0 radical (unpaired) electrons. The third kappa shape index (κ3) is 14.6. The molecule has 0 aromatic carbocycles. The molecule has 0 aromatic heterocycles. The van der Waals surface area contributed by atoms with Crippen molar-refractivity contribution in [3.63, 3.8) is 0 Å². The first-order valence-corrected chi connectivity index (χ1v) is 9.58. The molecule has 21 heavy (non-hydrogen) atoms. The zero-order chi connectivity index (χ0) is 16.5. The lowest BCUT2D eigenvalue weighted by molar-refractivity contribution is 0.216. The molecule has 0 amide bonds. The zero-order valence-electron chi connectivity index (χ0n) is 16.2. The van der Waals surface area contributed by atoms with Gasteiger partial charge in [0.25, 0.3) is 0 Å². The second-order valence-electron chi connectivity index (χ2n) is 6.00. The summed E-state index contributed by atoms with van der Waals surface area (Å²) in [6, 6.07) is 0. The van der Waals surface area contributed by atoms with Crippen LogP contribution in [0.2, 0.25) is 0 Å². The Labute approximate surface area is 136 Å². The normalized spacial score (nSPS) is 16.0. The number of rotatable bonds is 7. The van der Waals surface area contributed by atoms with Crippen molar-refractivity contribution >= 4 is 0 Å². The van der Waals surface area contributed by atoms with Gasteiger partial charge in [-0.3, -0.25) is 0 Å². The fourth-order valence-corrected chi connectivity index (χ4v) is 2.75. The van der Waals surface area contributed by atoms with E-state index in [9.17, 15) is 0 Å². The van der Waals surface area contributed by atoms with Crippen molar-refractivity contribution in [1.29, 1.82) is 0 Å². The molecule has 0 bridgehead atoms. The molecule has 0 aliphatic carbocycles. The number of hydrogen-bond donors (Lipinski definition) is 0. The van der Waals surface area contributed by atoms with Gasteiger partial charge in [-0.25, -0.2) is 0 Å². The highest BCUT2D eigenvalue weighted by molar-refractivity contribution is 4.67. The van der Waals surface area contributed by atoms with Crippen molar-refractivity contribution in [2.24, 2.45) is 5.92 Å². The summed E-state index contributed by atoms with van der Waals surface area (Å²) in [5.74, 6) is 1.03. The number of hydrogen-bond acceptors (Lipinski definition) is 2. The van der Waals surface area contributed by atoms with Gasteiger partial charge < -0.3 is 9.80 Å². The minimum Gasteiger partial charge on any atom is -0.306 e. The fraction of sp³-hybridized carbons (Fsp3) is 1.00. The lowest BCUT2D eigenvalue weighted by Crippen LogP contribution is -2.29. The van der Waals surface area contributed by atoms with Crippen molar-refractivity contribution in [3.05, 3.63) is 0 Å². The van der Waals surface area contributed by atoms with Gasteiger partial charge in [0.05, 0.1) is 0 Å². The second kappa shape index (κ2) is 18.0. The van der Waals surface area contributed by atoms with E-state index in [0.29, 0.717) is 0 Å². The third-order valence-corrected chi connectivity index (χ3v) is 4.03. The summed E-state index contributed by atoms with van der Waals surface area (Å²) in [4.78, 5) is 4.96. The first-order chi connectivity index (χ1) is 10.2. The van der Waals surface area contributed by atoms with E-state index >= 15 is 0 Å². The summed E-state index contributed by atoms with van der Waals surface area (Å²) in [6.07, 6.45) is 8.10. The van der Waals surface area contributed by atoms with E-state index in [-0.39, 0.29) is 0 Å². The smallest absolute Gasteiger partial charge is 0.00191 e. The SMILES string of the molecule is CC.CCC1CCN(C)CC1.CCCN(CCC)CCC. The van der Waals surface area contributed by atoms with Crippen LogP contribution in [0.15, 0.2) is 0 Å². The van der Waals surface area contributed by atoms with Gasteiger partial charge in [0, 0.05) is 0 Å². The van der Waals surface area contributed by atoms with Crippen LogP contribution in [0.3, 0.4) is 0 Å². The fourth-order valence-electron chi connectivity index (χ4n) is 2.75. The Bertz CT molecular complexity index is 160. The topological polar surface area (TPSA) is 6.48 Å². The Hall–Kier alpha value is -0.0800. The van der Waals surface area contributed by atoms with Gasteiger partial charge in [0.1, 0.15) is 0 Å². The van der Waals surface area contributed by atoms with E-state index in [1.807, 2.05) is 13.8 Å². The van der Waals surface area contributed by atoms with Crippen LogP contribution in [0.5, 0.6) is 0 Å². The quantitative estimate of drug-likeness (QED) is 0.631. The van der Waals surface area contributed by atoms with Gasteiger partial charge in [-0.2, -0.15) is 0 Å². The van der Waals surface area contributed by atoms with Gasteiger partial charge >= 0.3 is 0 Å². The number of likely N-dealkylation sites (tertiary alicyclic amines) is 1. The number of piperidine rings is 1. The van der Waals surface area contributed by atoms with Crippen LogP contribution >= 0.6 is 0 Å². The van der Waals surface area contributed by atoms with E-state index in [1.54, 1.807) is 0 Å². The van der Waals surface area contributed by atoms with Crippen LogP contribution in [0.25, 0.3) is 0 Å². The molecule has 0 unspecified atom stereocenters. The lowest BCUT2D eigenvalue weighted by atomic mass is 9.95. The van der Waals surface area contributed by atoms with Crippen molar-refractivity contribution in [2.75, 3.05) is 39.8 Å². The Balaban J connectivity index is 0. The summed E-state index contributed by atoms with van der Waals surface area (Å²) in [6.45, 7) is 19.5. The van der Waals surface area contributed by atoms with Crippen LogP contribution in [0.4, 0.5) is 0 Å². The minimum absolute atomic E-state index is 1.03.